The Balaban J connectivity index is 2.59. The summed E-state index contributed by atoms with van der Waals surface area (Å²) in [5, 5.41) is 0. The van der Waals surface area contributed by atoms with Crippen molar-refractivity contribution in [2.24, 2.45) is 16.8 Å². The van der Waals surface area contributed by atoms with Crippen LogP contribution in [0.2, 0.25) is 0 Å². The van der Waals surface area contributed by atoms with Gasteiger partial charge in [-0.3, -0.25) is 4.99 Å². The molecule has 1 nitrogen and oxygen atoms in total. The molecule has 0 saturated carbocycles. The normalized spacial score (nSPS) is 23.1. The lowest BCUT2D eigenvalue weighted by atomic mass is 9.91. The minimum absolute atomic E-state index is 0.623. The van der Waals surface area contributed by atoms with Gasteiger partial charge in [-0.25, -0.2) is 0 Å². The number of hydrogen-bond acceptors (Lipinski definition) is 1. The lowest BCUT2D eigenvalue weighted by Crippen LogP contribution is -2.16. The second kappa shape index (κ2) is 6.60. The molecular weight excluding hydrogens is 182 g/mol. The maximum absolute atomic E-state index is 4.68. The van der Waals surface area contributed by atoms with Crippen molar-refractivity contribution in [1.29, 1.82) is 0 Å². The first kappa shape index (κ1) is 12.2. The number of aliphatic imine (C=N–C) groups is 1. The van der Waals surface area contributed by atoms with Crippen molar-refractivity contribution in [1.82, 2.24) is 0 Å². The van der Waals surface area contributed by atoms with Crippen molar-refractivity contribution in [2.45, 2.75) is 40.0 Å². The summed E-state index contributed by atoms with van der Waals surface area (Å²) in [6, 6.07) is 0. The number of dihydropyridines is 1. The van der Waals surface area contributed by atoms with Crippen LogP contribution in [0.4, 0.5) is 0 Å². The average molecular weight is 205 g/mol. The fourth-order valence-electron chi connectivity index (χ4n) is 1.93. The molecule has 1 unspecified atom stereocenters. The highest BCUT2D eigenvalue weighted by molar-refractivity contribution is 5.97. The summed E-state index contributed by atoms with van der Waals surface area (Å²) in [6.07, 6.45) is 12.6. The second-order valence-corrected chi connectivity index (χ2v) is 4.39. The van der Waals surface area contributed by atoms with E-state index in [2.05, 4.69) is 50.1 Å². The third-order valence-electron chi connectivity index (χ3n) is 2.87. The van der Waals surface area contributed by atoms with Gasteiger partial charge in [0.15, 0.2) is 0 Å². The van der Waals surface area contributed by atoms with E-state index in [0.717, 1.165) is 13.0 Å². The van der Waals surface area contributed by atoms with Crippen molar-refractivity contribution < 1.29 is 0 Å². The molecule has 0 aliphatic carbocycles. The zero-order valence-electron chi connectivity index (χ0n) is 10.2. The quantitative estimate of drug-likeness (QED) is 0.601. The molecule has 1 heteroatoms. The zero-order valence-corrected chi connectivity index (χ0v) is 10.2. The van der Waals surface area contributed by atoms with E-state index in [1.54, 1.807) is 0 Å². The Kier molecular flexibility index (Phi) is 5.38. The third kappa shape index (κ3) is 4.03. The summed E-state index contributed by atoms with van der Waals surface area (Å²) in [7, 11) is 0. The fourth-order valence-corrected chi connectivity index (χ4v) is 1.93. The van der Waals surface area contributed by atoms with E-state index < -0.39 is 0 Å². The molecule has 0 amide bonds. The van der Waals surface area contributed by atoms with Crippen LogP contribution in [0, 0.1) is 11.8 Å². The van der Waals surface area contributed by atoms with Crippen LogP contribution in [-0.2, 0) is 0 Å². The van der Waals surface area contributed by atoms with Crippen LogP contribution in [0.25, 0.3) is 0 Å². The minimum atomic E-state index is 0.623. The Morgan fingerprint density at radius 3 is 2.93 bits per heavy atom. The molecular formula is C14H23N. The zero-order chi connectivity index (χ0) is 11.1. The molecule has 0 N–H and O–H groups in total. The molecule has 1 aliphatic rings. The smallest absolute Gasteiger partial charge is 0.0452 e. The standard InChI is InChI=1S/C14H23N/c1-4-6-8-13(7-5-2)14-10-9-12(3)11-15-14/h4,6,9-10,12-13H,5,7-8,11H2,1-3H3/b6-4-/t12-,13?/m1/s1. The number of hydrogen-bond donors (Lipinski definition) is 0. The van der Waals surface area contributed by atoms with Crippen LogP contribution >= 0.6 is 0 Å². The highest BCUT2D eigenvalue weighted by atomic mass is 14.8. The predicted molar refractivity (Wildman–Crippen MR) is 68.4 cm³/mol. The first-order valence-electron chi connectivity index (χ1n) is 6.11. The van der Waals surface area contributed by atoms with Gasteiger partial charge in [-0.05, 0) is 31.8 Å². The lowest BCUT2D eigenvalue weighted by Gasteiger charge is -2.19. The highest BCUT2D eigenvalue weighted by Crippen LogP contribution is 2.18. The van der Waals surface area contributed by atoms with E-state index in [1.807, 2.05) is 0 Å². The van der Waals surface area contributed by atoms with Gasteiger partial charge in [0.1, 0.15) is 0 Å². The maximum atomic E-state index is 4.68. The monoisotopic (exact) mass is 205 g/mol. The minimum Gasteiger partial charge on any atom is -0.289 e. The molecule has 1 rings (SSSR count). The summed E-state index contributed by atoms with van der Waals surface area (Å²) >= 11 is 0. The summed E-state index contributed by atoms with van der Waals surface area (Å²) in [4.78, 5) is 4.68. The second-order valence-electron chi connectivity index (χ2n) is 4.39. The highest BCUT2D eigenvalue weighted by Gasteiger charge is 2.14. The van der Waals surface area contributed by atoms with E-state index >= 15 is 0 Å². The van der Waals surface area contributed by atoms with Gasteiger partial charge in [0.05, 0.1) is 0 Å². The van der Waals surface area contributed by atoms with Gasteiger partial charge < -0.3 is 0 Å². The van der Waals surface area contributed by atoms with Crippen molar-refractivity contribution >= 4 is 5.71 Å². The molecule has 0 radical (unpaired) electrons. The first-order valence-corrected chi connectivity index (χ1v) is 6.11. The van der Waals surface area contributed by atoms with Gasteiger partial charge in [0.2, 0.25) is 0 Å². The van der Waals surface area contributed by atoms with Crippen LogP contribution in [-0.4, -0.2) is 12.3 Å². The van der Waals surface area contributed by atoms with Crippen LogP contribution in [0.5, 0.6) is 0 Å². The molecule has 15 heavy (non-hydrogen) atoms. The van der Waals surface area contributed by atoms with Crippen LogP contribution in [0.1, 0.15) is 40.0 Å². The van der Waals surface area contributed by atoms with Gasteiger partial charge in [-0.15, -0.1) is 0 Å². The van der Waals surface area contributed by atoms with Crippen molar-refractivity contribution in [2.75, 3.05) is 6.54 Å². The van der Waals surface area contributed by atoms with Crippen LogP contribution in [0.3, 0.4) is 0 Å². The largest absolute Gasteiger partial charge is 0.289 e. The fraction of sp³-hybridized carbons (Fsp3) is 0.643. The number of rotatable bonds is 5. The van der Waals surface area contributed by atoms with E-state index in [9.17, 15) is 0 Å². The molecule has 84 valence electrons. The summed E-state index contributed by atoms with van der Waals surface area (Å²) < 4.78 is 0. The molecule has 0 aromatic rings. The third-order valence-corrected chi connectivity index (χ3v) is 2.87. The van der Waals surface area contributed by atoms with Gasteiger partial charge in [0.25, 0.3) is 0 Å². The molecule has 0 aromatic carbocycles. The number of nitrogens with zero attached hydrogens (tertiary/aromatic N) is 1. The Labute approximate surface area is 94.0 Å². The summed E-state index contributed by atoms with van der Waals surface area (Å²) in [5.41, 5.74) is 1.31. The van der Waals surface area contributed by atoms with Gasteiger partial charge in [-0.1, -0.05) is 38.5 Å². The first-order chi connectivity index (χ1) is 7.27. The maximum Gasteiger partial charge on any atom is 0.0452 e. The Morgan fingerprint density at radius 1 is 1.60 bits per heavy atom. The average Bonchev–Trinajstić information content (AvgIpc) is 2.25. The molecule has 0 aromatic heterocycles. The van der Waals surface area contributed by atoms with E-state index in [-0.39, 0.29) is 0 Å². The number of allylic oxidation sites excluding steroid dienone is 3. The SMILES string of the molecule is C/C=C\CC(CCC)C1=NC[C@H](C)C=C1. The molecule has 0 fully saturated rings. The summed E-state index contributed by atoms with van der Waals surface area (Å²) in [6.45, 7) is 7.53. The van der Waals surface area contributed by atoms with Crippen LogP contribution in [0.15, 0.2) is 29.3 Å². The van der Waals surface area contributed by atoms with E-state index in [1.165, 1.54) is 18.6 Å². The molecule has 2 atom stereocenters. The van der Waals surface area contributed by atoms with Crippen molar-refractivity contribution in [3.8, 4) is 0 Å². The predicted octanol–water partition coefficient (Wildman–Crippen LogP) is 4.02. The topological polar surface area (TPSA) is 12.4 Å². The van der Waals surface area contributed by atoms with Gasteiger partial charge in [-0.2, -0.15) is 0 Å². The van der Waals surface area contributed by atoms with Crippen molar-refractivity contribution in [3.05, 3.63) is 24.3 Å². The molecule has 0 saturated heterocycles. The van der Waals surface area contributed by atoms with Gasteiger partial charge in [0, 0.05) is 18.2 Å². The summed E-state index contributed by atoms with van der Waals surface area (Å²) in [5.74, 6) is 1.26. The van der Waals surface area contributed by atoms with Crippen LogP contribution < -0.4 is 0 Å². The molecule has 0 spiro atoms. The van der Waals surface area contributed by atoms with E-state index in [4.69, 9.17) is 0 Å². The van der Waals surface area contributed by atoms with Gasteiger partial charge >= 0.3 is 0 Å². The Morgan fingerprint density at radius 2 is 2.40 bits per heavy atom. The van der Waals surface area contributed by atoms with E-state index in [0.29, 0.717) is 11.8 Å². The Bertz CT molecular complexity index is 261. The molecule has 1 heterocycles. The Hall–Kier alpha value is -0.850. The molecule has 0 bridgehead atoms. The lowest BCUT2D eigenvalue weighted by molar-refractivity contribution is 0.611. The van der Waals surface area contributed by atoms with Crippen molar-refractivity contribution in [3.63, 3.8) is 0 Å². The molecule has 1 aliphatic heterocycles.